The van der Waals surface area contributed by atoms with E-state index in [0.717, 1.165) is 50.9 Å². The molecule has 1 aliphatic heterocycles. The Morgan fingerprint density at radius 3 is 2.46 bits per heavy atom. The van der Waals surface area contributed by atoms with E-state index in [-0.39, 0.29) is 0 Å². The number of rotatable bonds is 6. The van der Waals surface area contributed by atoms with Gasteiger partial charge in [-0.05, 0) is 26.6 Å². The molecule has 2 heterocycles. The highest BCUT2D eigenvalue weighted by Crippen LogP contribution is 2.18. The van der Waals surface area contributed by atoms with E-state index in [9.17, 15) is 0 Å². The standard InChI is InChI=1S/C21H32N6O/c1-17-5-7-18(8-6-17)20(25(3)4)15-23-21(22-2)27-12-10-26(11-13-27)16-19-9-14-28-24-19/h5-9,14,20H,10-13,15-16H2,1-4H3,(H,22,23). The monoisotopic (exact) mass is 384 g/mol. The number of guanidine groups is 1. The first-order valence-corrected chi connectivity index (χ1v) is 9.87. The van der Waals surface area contributed by atoms with Crippen molar-refractivity contribution in [3.63, 3.8) is 0 Å². The van der Waals surface area contributed by atoms with Gasteiger partial charge in [0.1, 0.15) is 6.26 Å². The third-order valence-corrected chi connectivity index (χ3v) is 5.30. The third kappa shape index (κ3) is 5.33. The van der Waals surface area contributed by atoms with Crippen LogP contribution in [0.1, 0.15) is 22.9 Å². The molecule has 1 unspecified atom stereocenters. The van der Waals surface area contributed by atoms with Crippen LogP contribution in [-0.2, 0) is 6.54 Å². The number of hydrogen-bond acceptors (Lipinski definition) is 5. The summed E-state index contributed by atoms with van der Waals surface area (Å²) in [7, 11) is 6.11. The summed E-state index contributed by atoms with van der Waals surface area (Å²) in [6.07, 6.45) is 1.63. The fourth-order valence-electron chi connectivity index (χ4n) is 3.57. The summed E-state index contributed by atoms with van der Waals surface area (Å²) in [4.78, 5) is 11.5. The van der Waals surface area contributed by atoms with E-state index in [1.54, 1.807) is 6.26 Å². The molecule has 7 nitrogen and oxygen atoms in total. The van der Waals surface area contributed by atoms with Crippen LogP contribution in [0, 0.1) is 6.92 Å². The highest BCUT2D eigenvalue weighted by atomic mass is 16.5. The smallest absolute Gasteiger partial charge is 0.193 e. The molecule has 28 heavy (non-hydrogen) atoms. The van der Waals surface area contributed by atoms with Crippen molar-refractivity contribution in [3.05, 3.63) is 53.4 Å². The van der Waals surface area contributed by atoms with Gasteiger partial charge in [0.05, 0.1) is 11.7 Å². The van der Waals surface area contributed by atoms with Gasteiger partial charge < -0.3 is 19.6 Å². The Hall–Kier alpha value is -2.38. The lowest BCUT2D eigenvalue weighted by molar-refractivity contribution is 0.168. The van der Waals surface area contributed by atoms with Crippen LogP contribution in [0.25, 0.3) is 0 Å². The Bertz CT molecular complexity index is 733. The van der Waals surface area contributed by atoms with Crippen molar-refractivity contribution >= 4 is 5.96 Å². The van der Waals surface area contributed by atoms with Crippen LogP contribution < -0.4 is 5.32 Å². The second-order valence-electron chi connectivity index (χ2n) is 7.57. The average Bonchev–Trinajstić information content (AvgIpc) is 3.20. The van der Waals surface area contributed by atoms with Gasteiger partial charge in [-0.2, -0.15) is 0 Å². The SMILES string of the molecule is CN=C(NCC(c1ccc(C)cc1)N(C)C)N1CCN(Cc2ccon2)CC1. The second-order valence-corrected chi connectivity index (χ2v) is 7.57. The lowest BCUT2D eigenvalue weighted by atomic mass is 10.0. The molecular weight excluding hydrogens is 352 g/mol. The molecule has 0 saturated carbocycles. The van der Waals surface area contributed by atoms with Crippen molar-refractivity contribution in [2.24, 2.45) is 4.99 Å². The van der Waals surface area contributed by atoms with Gasteiger partial charge in [-0.15, -0.1) is 0 Å². The van der Waals surface area contributed by atoms with Gasteiger partial charge in [0.25, 0.3) is 0 Å². The largest absolute Gasteiger partial charge is 0.364 e. The fraction of sp³-hybridized carbons (Fsp3) is 0.524. The Morgan fingerprint density at radius 2 is 1.89 bits per heavy atom. The molecule has 3 rings (SSSR count). The molecule has 152 valence electrons. The van der Waals surface area contributed by atoms with E-state index in [0.29, 0.717) is 6.04 Å². The highest BCUT2D eigenvalue weighted by Gasteiger charge is 2.21. The minimum Gasteiger partial charge on any atom is -0.364 e. The summed E-state index contributed by atoms with van der Waals surface area (Å²) in [6, 6.07) is 11.0. The first kappa shape index (κ1) is 20.4. The molecule has 0 spiro atoms. The van der Waals surface area contributed by atoms with Gasteiger partial charge in [0, 0.05) is 52.4 Å². The second kappa shape index (κ2) is 9.71. The van der Waals surface area contributed by atoms with E-state index < -0.39 is 0 Å². The minimum absolute atomic E-state index is 0.297. The van der Waals surface area contributed by atoms with E-state index in [1.807, 2.05) is 13.1 Å². The first-order chi connectivity index (χ1) is 13.6. The fourth-order valence-corrected chi connectivity index (χ4v) is 3.57. The van der Waals surface area contributed by atoms with Crippen LogP contribution in [0.5, 0.6) is 0 Å². The van der Waals surface area contributed by atoms with E-state index in [1.165, 1.54) is 11.1 Å². The molecule has 1 aromatic carbocycles. The van der Waals surface area contributed by atoms with E-state index in [2.05, 4.69) is 75.5 Å². The zero-order valence-electron chi connectivity index (χ0n) is 17.4. The molecule has 1 atom stereocenters. The molecule has 0 amide bonds. The highest BCUT2D eigenvalue weighted by molar-refractivity contribution is 5.80. The number of likely N-dealkylation sites (N-methyl/N-ethyl adjacent to an activating group) is 1. The molecule has 1 aliphatic rings. The van der Waals surface area contributed by atoms with Crippen LogP contribution in [0.2, 0.25) is 0 Å². The topological polar surface area (TPSA) is 60.1 Å². The van der Waals surface area contributed by atoms with E-state index >= 15 is 0 Å². The van der Waals surface area contributed by atoms with Crippen molar-refractivity contribution in [1.82, 2.24) is 25.2 Å². The van der Waals surface area contributed by atoms with Gasteiger partial charge in [-0.3, -0.25) is 9.89 Å². The Balaban J connectivity index is 1.53. The number of aromatic nitrogens is 1. The number of benzene rings is 1. The quantitative estimate of drug-likeness (QED) is 0.607. The molecule has 1 aromatic heterocycles. The Kier molecular flexibility index (Phi) is 7.06. The summed E-state index contributed by atoms with van der Waals surface area (Å²) in [5, 5.41) is 7.59. The molecule has 1 N–H and O–H groups in total. The molecule has 1 fully saturated rings. The lowest BCUT2D eigenvalue weighted by Gasteiger charge is -2.37. The lowest BCUT2D eigenvalue weighted by Crippen LogP contribution is -2.53. The number of aryl methyl sites for hydroxylation is 1. The summed E-state index contributed by atoms with van der Waals surface area (Å²) in [5.74, 6) is 0.972. The Morgan fingerprint density at radius 1 is 1.18 bits per heavy atom. The number of aliphatic imine (C=N–C) groups is 1. The van der Waals surface area contributed by atoms with Crippen molar-refractivity contribution in [1.29, 1.82) is 0 Å². The minimum atomic E-state index is 0.297. The van der Waals surface area contributed by atoms with Gasteiger partial charge in [0.15, 0.2) is 5.96 Å². The van der Waals surface area contributed by atoms with Gasteiger partial charge in [-0.25, -0.2) is 0 Å². The maximum atomic E-state index is 4.93. The van der Waals surface area contributed by atoms with Gasteiger partial charge >= 0.3 is 0 Å². The molecular formula is C21H32N6O. The number of nitrogens with zero attached hydrogens (tertiary/aromatic N) is 5. The van der Waals surface area contributed by atoms with E-state index in [4.69, 9.17) is 4.52 Å². The molecule has 2 aromatic rings. The van der Waals surface area contributed by atoms with Crippen LogP contribution in [0.4, 0.5) is 0 Å². The maximum absolute atomic E-state index is 4.93. The van der Waals surface area contributed by atoms with Crippen LogP contribution in [0.15, 0.2) is 46.1 Å². The number of piperazine rings is 1. The van der Waals surface area contributed by atoms with Gasteiger partial charge in [-0.1, -0.05) is 35.0 Å². The molecule has 7 heteroatoms. The maximum Gasteiger partial charge on any atom is 0.193 e. The van der Waals surface area contributed by atoms with Crippen LogP contribution in [-0.4, -0.2) is 79.7 Å². The summed E-state index contributed by atoms with van der Waals surface area (Å²) >= 11 is 0. The summed E-state index contributed by atoms with van der Waals surface area (Å²) < 4.78 is 4.93. The van der Waals surface area contributed by atoms with Crippen molar-refractivity contribution in [2.75, 3.05) is 53.9 Å². The molecule has 0 bridgehead atoms. The van der Waals surface area contributed by atoms with Crippen molar-refractivity contribution in [2.45, 2.75) is 19.5 Å². The number of nitrogens with one attached hydrogen (secondary N) is 1. The predicted octanol–water partition coefficient (Wildman–Crippen LogP) is 1.98. The van der Waals surface area contributed by atoms with Crippen molar-refractivity contribution < 1.29 is 4.52 Å². The molecule has 1 saturated heterocycles. The summed E-state index contributed by atoms with van der Waals surface area (Å²) in [5.41, 5.74) is 3.59. The zero-order valence-corrected chi connectivity index (χ0v) is 17.4. The molecule has 0 radical (unpaired) electrons. The normalized spacial score (nSPS) is 17.2. The summed E-state index contributed by atoms with van der Waals surface area (Å²) in [6.45, 7) is 7.67. The third-order valence-electron chi connectivity index (χ3n) is 5.30. The van der Waals surface area contributed by atoms with Crippen LogP contribution >= 0.6 is 0 Å². The van der Waals surface area contributed by atoms with Crippen LogP contribution in [0.3, 0.4) is 0 Å². The van der Waals surface area contributed by atoms with Gasteiger partial charge in [0.2, 0.25) is 0 Å². The molecule has 0 aliphatic carbocycles. The zero-order chi connectivity index (χ0) is 19.9. The first-order valence-electron chi connectivity index (χ1n) is 9.87. The average molecular weight is 385 g/mol. The van der Waals surface area contributed by atoms with Crippen molar-refractivity contribution in [3.8, 4) is 0 Å². The Labute approximate surface area is 168 Å². The predicted molar refractivity (Wildman–Crippen MR) is 112 cm³/mol. The number of hydrogen-bond donors (Lipinski definition) is 1.